The van der Waals surface area contributed by atoms with Crippen molar-refractivity contribution in [3.8, 4) is 5.75 Å². The second-order valence-electron chi connectivity index (χ2n) is 5.37. The summed E-state index contributed by atoms with van der Waals surface area (Å²) in [5, 5.41) is 3.07. The van der Waals surface area contributed by atoms with Gasteiger partial charge in [-0.2, -0.15) is 0 Å². The molecule has 1 heterocycles. The Bertz CT molecular complexity index is 784. The normalized spacial score (nSPS) is 11.5. The van der Waals surface area contributed by atoms with Crippen LogP contribution in [0.5, 0.6) is 5.75 Å². The lowest BCUT2D eigenvalue weighted by Crippen LogP contribution is -2.31. The van der Waals surface area contributed by atoms with E-state index in [1.54, 1.807) is 38.1 Å². The maximum atomic E-state index is 12.1. The predicted molar refractivity (Wildman–Crippen MR) is 99.7 cm³/mol. The van der Waals surface area contributed by atoms with E-state index < -0.39 is 24.6 Å². The highest BCUT2D eigenvalue weighted by Gasteiger charge is 2.21. The van der Waals surface area contributed by atoms with Gasteiger partial charge in [-0.3, -0.25) is 4.79 Å². The van der Waals surface area contributed by atoms with Gasteiger partial charge in [0.15, 0.2) is 18.5 Å². The van der Waals surface area contributed by atoms with Crippen molar-refractivity contribution in [1.82, 2.24) is 4.98 Å². The lowest BCUT2D eigenvalue weighted by Gasteiger charge is -2.16. The molecule has 138 valence electrons. The van der Waals surface area contributed by atoms with E-state index in [2.05, 4.69) is 10.3 Å². The minimum atomic E-state index is -0.801. The van der Waals surface area contributed by atoms with Crippen molar-refractivity contribution < 1.29 is 19.1 Å². The molecule has 1 N–H and O–H groups in total. The third-order valence-electron chi connectivity index (χ3n) is 3.36. The number of carbonyl (C=O) groups excluding carboxylic acids is 2. The number of nitrogens with zero attached hydrogens (tertiary/aromatic N) is 1. The largest absolute Gasteiger partial charge is 0.479 e. The van der Waals surface area contributed by atoms with Crippen molar-refractivity contribution in [1.29, 1.82) is 0 Å². The fourth-order valence-electron chi connectivity index (χ4n) is 2.01. The van der Waals surface area contributed by atoms with Gasteiger partial charge >= 0.3 is 5.97 Å². The van der Waals surface area contributed by atoms with E-state index in [1.807, 2.05) is 6.07 Å². The van der Waals surface area contributed by atoms with Gasteiger partial charge in [0.05, 0.1) is 15.7 Å². The third-order valence-corrected chi connectivity index (χ3v) is 4.03. The van der Waals surface area contributed by atoms with Gasteiger partial charge in [0.1, 0.15) is 5.75 Å². The number of benzene rings is 1. The molecular formula is C18H18Cl2N2O4. The molecule has 1 aromatic heterocycles. The number of rotatable bonds is 7. The molecule has 2 aromatic rings. The summed E-state index contributed by atoms with van der Waals surface area (Å²) >= 11 is 11.9. The summed E-state index contributed by atoms with van der Waals surface area (Å²) in [5.74, 6) is -0.488. The number of amides is 1. The van der Waals surface area contributed by atoms with E-state index >= 15 is 0 Å². The van der Waals surface area contributed by atoms with Crippen molar-refractivity contribution in [3.63, 3.8) is 0 Å². The average Bonchev–Trinajstić information content (AvgIpc) is 2.63. The summed E-state index contributed by atoms with van der Waals surface area (Å²) in [6.07, 6.45) is -0.399. The smallest absolute Gasteiger partial charge is 0.347 e. The van der Waals surface area contributed by atoms with Gasteiger partial charge in [0.25, 0.3) is 5.91 Å². The fourth-order valence-corrected chi connectivity index (χ4v) is 2.41. The molecular weight excluding hydrogens is 379 g/mol. The van der Waals surface area contributed by atoms with Gasteiger partial charge in [-0.05, 0) is 31.5 Å². The zero-order valence-corrected chi connectivity index (χ0v) is 15.8. The van der Waals surface area contributed by atoms with Crippen molar-refractivity contribution >= 4 is 40.9 Å². The summed E-state index contributed by atoms with van der Waals surface area (Å²) in [7, 11) is 0. The van der Waals surface area contributed by atoms with Crippen LogP contribution in [0.2, 0.25) is 10.0 Å². The Morgan fingerprint density at radius 3 is 2.54 bits per heavy atom. The van der Waals surface area contributed by atoms with Crippen LogP contribution in [0.4, 0.5) is 5.82 Å². The first-order valence-corrected chi connectivity index (χ1v) is 8.67. The van der Waals surface area contributed by atoms with E-state index in [4.69, 9.17) is 32.7 Å². The molecule has 6 nitrogen and oxygen atoms in total. The Labute approximate surface area is 161 Å². The highest BCUT2D eigenvalue weighted by atomic mass is 35.5. The van der Waals surface area contributed by atoms with E-state index in [0.717, 1.165) is 0 Å². The maximum Gasteiger partial charge on any atom is 0.347 e. The molecule has 0 unspecified atom stereocenters. The van der Waals surface area contributed by atoms with E-state index in [1.165, 1.54) is 6.07 Å². The molecule has 1 atom stereocenters. The molecule has 0 aliphatic rings. The summed E-state index contributed by atoms with van der Waals surface area (Å²) in [5.41, 5.74) is 0.519. The predicted octanol–water partition coefficient (Wildman–Crippen LogP) is 4.04. The Hall–Kier alpha value is -2.31. The molecule has 1 amide bonds. The van der Waals surface area contributed by atoms with E-state index in [0.29, 0.717) is 22.9 Å². The van der Waals surface area contributed by atoms with Crippen LogP contribution in [0.3, 0.4) is 0 Å². The Morgan fingerprint density at radius 2 is 1.88 bits per heavy atom. The fraction of sp³-hybridized carbons (Fsp3) is 0.278. The number of anilines is 1. The van der Waals surface area contributed by atoms with Crippen LogP contribution >= 0.6 is 23.2 Å². The van der Waals surface area contributed by atoms with Crippen LogP contribution in [-0.4, -0.2) is 29.6 Å². The third kappa shape index (κ3) is 5.61. The van der Waals surface area contributed by atoms with Crippen LogP contribution in [-0.2, 0) is 14.3 Å². The number of aromatic nitrogens is 1. The maximum absolute atomic E-state index is 12.1. The van der Waals surface area contributed by atoms with Crippen molar-refractivity contribution in [2.45, 2.75) is 26.4 Å². The number of esters is 1. The summed E-state index contributed by atoms with van der Waals surface area (Å²) in [6.45, 7) is 2.99. The number of hydrogen-bond donors (Lipinski definition) is 1. The standard InChI is InChI=1S/C18H18Cl2N2O4/c1-3-15(26-12-7-5-4-6-8-12)18(24)25-10-16(23)22-17-14(20)9-13(19)11(2)21-17/h4-9,15H,3,10H2,1-2H3,(H,21,22,23)/t15-/m1/s1. The van der Waals surface area contributed by atoms with Gasteiger partial charge < -0.3 is 14.8 Å². The highest BCUT2D eigenvalue weighted by Crippen LogP contribution is 2.25. The second-order valence-corrected chi connectivity index (χ2v) is 6.18. The summed E-state index contributed by atoms with van der Waals surface area (Å²) < 4.78 is 10.6. The Kier molecular flexibility index (Phi) is 7.24. The van der Waals surface area contributed by atoms with Gasteiger partial charge in [-0.25, -0.2) is 9.78 Å². The number of halogens is 2. The molecule has 0 saturated heterocycles. The van der Waals surface area contributed by atoms with Gasteiger partial charge in [0.2, 0.25) is 0 Å². The number of carbonyl (C=O) groups is 2. The minimum Gasteiger partial charge on any atom is -0.479 e. The van der Waals surface area contributed by atoms with Gasteiger partial charge in [-0.1, -0.05) is 48.3 Å². The molecule has 0 aliphatic carbocycles. The van der Waals surface area contributed by atoms with Gasteiger partial charge in [0, 0.05) is 0 Å². The van der Waals surface area contributed by atoms with Crippen LogP contribution in [0.25, 0.3) is 0 Å². The zero-order chi connectivity index (χ0) is 19.1. The molecule has 2 rings (SSSR count). The lowest BCUT2D eigenvalue weighted by molar-refractivity contribution is -0.154. The number of aryl methyl sites for hydroxylation is 1. The van der Waals surface area contributed by atoms with E-state index in [9.17, 15) is 9.59 Å². The number of ether oxygens (including phenoxy) is 2. The Morgan fingerprint density at radius 1 is 1.19 bits per heavy atom. The minimum absolute atomic E-state index is 0.155. The molecule has 0 aliphatic heterocycles. The molecule has 0 saturated carbocycles. The van der Waals surface area contributed by atoms with Crippen LogP contribution in [0.15, 0.2) is 36.4 Å². The van der Waals surface area contributed by atoms with E-state index in [-0.39, 0.29) is 10.8 Å². The van der Waals surface area contributed by atoms with Crippen LogP contribution < -0.4 is 10.1 Å². The monoisotopic (exact) mass is 396 g/mol. The lowest BCUT2D eigenvalue weighted by atomic mass is 10.2. The molecule has 26 heavy (non-hydrogen) atoms. The zero-order valence-electron chi connectivity index (χ0n) is 14.3. The van der Waals surface area contributed by atoms with Crippen molar-refractivity contribution in [3.05, 3.63) is 52.1 Å². The van der Waals surface area contributed by atoms with Crippen molar-refractivity contribution in [2.75, 3.05) is 11.9 Å². The van der Waals surface area contributed by atoms with Crippen LogP contribution in [0.1, 0.15) is 19.0 Å². The first kappa shape index (κ1) is 20.0. The molecule has 0 radical (unpaired) electrons. The molecule has 0 spiro atoms. The molecule has 0 fully saturated rings. The highest BCUT2D eigenvalue weighted by molar-refractivity contribution is 6.36. The first-order chi connectivity index (χ1) is 12.4. The second kappa shape index (κ2) is 9.40. The molecule has 8 heteroatoms. The number of nitrogens with one attached hydrogen (secondary N) is 1. The molecule has 0 bridgehead atoms. The topological polar surface area (TPSA) is 77.5 Å². The summed E-state index contributed by atoms with van der Waals surface area (Å²) in [6, 6.07) is 10.4. The van der Waals surface area contributed by atoms with Crippen LogP contribution in [0, 0.1) is 6.92 Å². The van der Waals surface area contributed by atoms with Gasteiger partial charge in [-0.15, -0.1) is 0 Å². The average molecular weight is 397 g/mol. The number of hydrogen-bond acceptors (Lipinski definition) is 5. The summed E-state index contributed by atoms with van der Waals surface area (Å²) in [4.78, 5) is 28.2. The SMILES string of the molecule is CC[C@@H](Oc1ccccc1)C(=O)OCC(=O)Nc1nc(C)c(Cl)cc1Cl. The van der Waals surface area contributed by atoms with Crippen molar-refractivity contribution in [2.24, 2.45) is 0 Å². The number of pyridine rings is 1. The molecule has 1 aromatic carbocycles. The Balaban J connectivity index is 1.89. The number of para-hydroxylation sites is 1. The first-order valence-electron chi connectivity index (χ1n) is 7.91. The quantitative estimate of drug-likeness (QED) is 0.714.